The predicted molar refractivity (Wildman–Crippen MR) is 70.1 cm³/mol. The first-order chi connectivity index (χ1) is 8.33. The van der Waals surface area contributed by atoms with E-state index in [0.717, 1.165) is 23.4 Å². The van der Waals surface area contributed by atoms with E-state index in [1.807, 2.05) is 6.20 Å². The van der Waals surface area contributed by atoms with Gasteiger partial charge in [-0.25, -0.2) is 4.98 Å². The normalized spacial score (nSPS) is 13.4. The lowest BCUT2D eigenvalue weighted by Crippen LogP contribution is -2.13. The number of aryl methyl sites for hydroxylation is 1. The maximum atomic E-state index is 5.60. The molecule has 1 aromatic heterocycles. The van der Waals surface area contributed by atoms with Crippen molar-refractivity contribution >= 4 is 12.4 Å². The van der Waals surface area contributed by atoms with Gasteiger partial charge in [-0.3, -0.25) is 0 Å². The molecule has 4 nitrogen and oxygen atoms in total. The van der Waals surface area contributed by atoms with Crippen molar-refractivity contribution in [3.8, 4) is 5.75 Å². The maximum absolute atomic E-state index is 5.60. The fourth-order valence-electron chi connectivity index (χ4n) is 2.19. The van der Waals surface area contributed by atoms with Gasteiger partial charge < -0.3 is 14.5 Å². The lowest BCUT2D eigenvalue weighted by atomic mass is 10.0. The van der Waals surface area contributed by atoms with Crippen LogP contribution < -0.4 is 4.74 Å². The number of aromatic nitrogens is 2. The number of aromatic amines is 1. The molecule has 1 N–H and O–H groups in total. The fourth-order valence-corrected chi connectivity index (χ4v) is 2.19. The van der Waals surface area contributed by atoms with Gasteiger partial charge in [-0.1, -0.05) is 17.7 Å². The number of ether oxygens (including phenoxy) is 2. The summed E-state index contributed by atoms with van der Waals surface area (Å²) >= 11 is 0. The molecular weight excluding hydrogens is 252 g/mol. The molecule has 0 unspecified atom stereocenters. The smallest absolute Gasteiger partial charge is 0.189 e. The Morgan fingerprint density at radius 2 is 2.28 bits per heavy atom. The van der Waals surface area contributed by atoms with Crippen molar-refractivity contribution in [2.24, 2.45) is 0 Å². The van der Waals surface area contributed by atoms with E-state index < -0.39 is 0 Å². The summed E-state index contributed by atoms with van der Waals surface area (Å²) in [5, 5.41) is 0. The molecule has 2 aromatic rings. The molecule has 1 aliphatic rings. The lowest BCUT2D eigenvalue weighted by molar-refractivity contribution is -0.0170. The second-order valence-corrected chi connectivity index (χ2v) is 4.26. The van der Waals surface area contributed by atoms with Gasteiger partial charge >= 0.3 is 0 Å². The molecular formula is C13H15ClN2O2. The first-order valence-electron chi connectivity index (χ1n) is 5.63. The van der Waals surface area contributed by atoms with Gasteiger partial charge in [0.15, 0.2) is 6.79 Å². The number of nitrogens with zero attached hydrogens (tertiary/aromatic N) is 1. The minimum absolute atomic E-state index is 0. The first-order valence-corrected chi connectivity index (χ1v) is 5.63. The first kappa shape index (κ1) is 12.9. The molecule has 0 spiro atoms. The lowest BCUT2D eigenvalue weighted by Gasteiger charge is -2.21. The molecule has 0 amide bonds. The summed E-state index contributed by atoms with van der Waals surface area (Å²) in [5.41, 5.74) is 4.55. The number of fused-ring (bicyclic) bond motifs is 1. The van der Waals surface area contributed by atoms with Crippen molar-refractivity contribution in [2.45, 2.75) is 20.0 Å². The van der Waals surface area contributed by atoms with Crippen molar-refractivity contribution in [1.82, 2.24) is 9.97 Å². The van der Waals surface area contributed by atoms with Crippen LogP contribution in [-0.4, -0.2) is 16.8 Å². The number of hydrogen-bond donors (Lipinski definition) is 1. The third-order valence-corrected chi connectivity index (χ3v) is 2.86. The van der Waals surface area contributed by atoms with E-state index in [0.29, 0.717) is 13.4 Å². The summed E-state index contributed by atoms with van der Waals surface area (Å²) in [6.07, 6.45) is 4.39. The van der Waals surface area contributed by atoms with Crippen LogP contribution in [0.15, 0.2) is 24.7 Å². The largest absolute Gasteiger partial charge is 0.467 e. The quantitative estimate of drug-likeness (QED) is 0.909. The van der Waals surface area contributed by atoms with Crippen molar-refractivity contribution in [1.29, 1.82) is 0 Å². The van der Waals surface area contributed by atoms with Gasteiger partial charge in [-0.05, 0) is 6.92 Å². The van der Waals surface area contributed by atoms with Crippen molar-refractivity contribution < 1.29 is 9.47 Å². The highest BCUT2D eigenvalue weighted by atomic mass is 35.5. The van der Waals surface area contributed by atoms with E-state index in [9.17, 15) is 0 Å². The van der Waals surface area contributed by atoms with E-state index >= 15 is 0 Å². The number of hydrogen-bond acceptors (Lipinski definition) is 3. The van der Waals surface area contributed by atoms with Crippen molar-refractivity contribution in [3.05, 3.63) is 47.0 Å². The zero-order valence-corrected chi connectivity index (χ0v) is 10.9. The molecule has 0 saturated carbocycles. The van der Waals surface area contributed by atoms with E-state index in [4.69, 9.17) is 9.47 Å². The number of nitrogens with one attached hydrogen (secondary N) is 1. The van der Waals surface area contributed by atoms with Crippen LogP contribution in [-0.2, 0) is 17.8 Å². The fraction of sp³-hybridized carbons (Fsp3) is 0.308. The molecule has 3 rings (SSSR count). The van der Waals surface area contributed by atoms with Gasteiger partial charge in [0.25, 0.3) is 0 Å². The summed E-state index contributed by atoms with van der Waals surface area (Å²) in [4.78, 5) is 7.22. The Hall–Kier alpha value is -1.52. The summed E-state index contributed by atoms with van der Waals surface area (Å²) in [6, 6.07) is 4.27. The molecule has 1 aromatic carbocycles. The Bertz CT molecular complexity index is 526. The average molecular weight is 267 g/mol. The molecule has 0 bridgehead atoms. The number of rotatable bonds is 2. The average Bonchev–Trinajstić information content (AvgIpc) is 2.81. The molecule has 0 radical (unpaired) electrons. The predicted octanol–water partition coefficient (Wildman–Crippen LogP) is 2.60. The minimum atomic E-state index is 0. The van der Waals surface area contributed by atoms with Gasteiger partial charge in [0.2, 0.25) is 0 Å². The Balaban J connectivity index is 0.00000120. The Morgan fingerprint density at radius 3 is 3.06 bits per heavy atom. The summed E-state index contributed by atoms with van der Waals surface area (Å²) in [5.74, 6) is 0.963. The van der Waals surface area contributed by atoms with E-state index in [2.05, 4.69) is 29.0 Å². The monoisotopic (exact) mass is 266 g/mol. The number of halogens is 1. The van der Waals surface area contributed by atoms with Gasteiger partial charge in [-0.15, -0.1) is 12.4 Å². The summed E-state index contributed by atoms with van der Waals surface area (Å²) in [6.45, 7) is 3.05. The zero-order valence-electron chi connectivity index (χ0n) is 10.1. The van der Waals surface area contributed by atoms with Crippen LogP contribution in [0.3, 0.4) is 0 Å². The van der Waals surface area contributed by atoms with E-state index in [1.54, 1.807) is 6.33 Å². The zero-order chi connectivity index (χ0) is 11.7. The standard InChI is InChI=1S/C13H14N2O2.ClH/c1-9-2-10(4-12-5-14-7-15-12)13-11(3-9)6-16-8-17-13;/h2-3,5,7H,4,6,8H2,1H3,(H,14,15);1H. The number of benzene rings is 1. The number of H-pyrrole nitrogens is 1. The Kier molecular flexibility index (Phi) is 3.89. The second kappa shape index (κ2) is 5.42. The highest BCUT2D eigenvalue weighted by Crippen LogP contribution is 2.30. The summed E-state index contributed by atoms with van der Waals surface area (Å²) < 4.78 is 10.9. The maximum Gasteiger partial charge on any atom is 0.189 e. The molecule has 2 heterocycles. The molecule has 0 aliphatic carbocycles. The van der Waals surface area contributed by atoms with Crippen LogP contribution in [0.2, 0.25) is 0 Å². The van der Waals surface area contributed by atoms with Crippen LogP contribution >= 0.6 is 12.4 Å². The molecule has 0 fully saturated rings. The third-order valence-electron chi connectivity index (χ3n) is 2.86. The van der Waals surface area contributed by atoms with Crippen LogP contribution in [0.25, 0.3) is 0 Å². The van der Waals surface area contributed by atoms with Gasteiger partial charge in [0.1, 0.15) is 5.75 Å². The third kappa shape index (κ3) is 2.49. The molecule has 0 atom stereocenters. The minimum Gasteiger partial charge on any atom is -0.467 e. The van der Waals surface area contributed by atoms with Crippen molar-refractivity contribution in [3.63, 3.8) is 0 Å². The van der Waals surface area contributed by atoms with E-state index in [1.165, 1.54) is 11.1 Å². The van der Waals surface area contributed by atoms with Crippen LogP contribution in [0.4, 0.5) is 0 Å². The highest BCUT2D eigenvalue weighted by Gasteiger charge is 2.16. The molecule has 0 saturated heterocycles. The molecule has 96 valence electrons. The highest BCUT2D eigenvalue weighted by molar-refractivity contribution is 5.85. The van der Waals surface area contributed by atoms with Crippen LogP contribution in [0, 0.1) is 6.92 Å². The topological polar surface area (TPSA) is 47.1 Å². The Labute approximate surface area is 112 Å². The Morgan fingerprint density at radius 1 is 1.39 bits per heavy atom. The van der Waals surface area contributed by atoms with Crippen LogP contribution in [0.1, 0.15) is 22.4 Å². The SMILES string of the molecule is Cc1cc2c(c(Cc3c[nH]cn3)c1)OCOC2.Cl. The molecule has 18 heavy (non-hydrogen) atoms. The number of imidazole rings is 1. The van der Waals surface area contributed by atoms with Gasteiger partial charge in [0, 0.05) is 23.7 Å². The van der Waals surface area contributed by atoms with Crippen molar-refractivity contribution in [2.75, 3.05) is 6.79 Å². The molecule has 5 heteroatoms. The summed E-state index contributed by atoms with van der Waals surface area (Å²) in [7, 11) is 0. The van der Waals surface area contributed by atoms with E-state index in [-0.39, 0.29) is 12.4 Å². The second-order valence-electron chi connectivity index (χ2n) is 4.26. The van der Waals surface area contributed by atoms with Gasteiger partial charge in [-0.2, -0.15) is 0 Å². The van der Waals surface area contributed by atoms with Gasteiger partial charge in [0.05, 0.1) is 18.6 Å². The van der Waals surface area contributed by atoms with Crippen LogP contribution in [0.5, 0.6) is 5.75 Å². The molecule has 1 aliphatic heterocycles.